The minimum Gasteiger partial charge on any atom is -0.409 e. The summed E-state index contributed by atoms with van der Waals surface area (Å²) in [6.45, 7) is 0. The molecule has 0 unspecified atom stereocenters. The summed E-state index contributed by atoms with van der Waals surface area (Å²) in [7, 11) is 0. The van der Waals surface area contributed by atoms with E-state index in [9.17, 15) is 0 Å². The van der Waals surface area contributed by atoms with Crippen molar-refractivity contribution in [2.75, 3.05) is 5.73 Å². The molecule has 0 fully saturated rings. The van der Waals surface area contributed by atoms with E-state index in [1.54, 1.807) is 0 Å². The van der Waals surface area contributed by atoms with Crippen LogP contribution in [0.1, 0.15) is 0 Å². The van der Waals surface area contributed by atoms with E-state index in [0.717, 1.165) is 15.8 Å². The summed E-state index contributed by atoms with van der Waals surface area (Å²) in [5, 5.41) is 1.00. The summed E-state index contributed by atoms with van der Waals surface area (Å²) in [4.78, 5) is 0. The van der Waals surface area contributed by atoms with Gasteiger partial charge in [-0.1, -0.05) is 23.0 Å². The van der Waals surface area contributed by atoms with Crippen LogP contribution >= 0.6 is 11.5 Å². The maximum absolute atomic E-state index is 5.54. The van der Waals surface area contributed by atoms with Gasteiger partial charge in [0.25, 0.3) is 0 Å². The van der Waals surface area contributed by atoms with Crippen LogP contribution in [0, 0.1) is 6.20 Å². The van der Waals surface area contributed by atoms with Gasteiger partial charge < -0.3 is 5.73 Å². The molecule has 0 saturated carbocycles. The molecule has 2 aromatic rings. The van der Waals surface area contributed by atoms with Gasteiger partial charge in [0.1, 0.15) is 0 Å². The van der Waals surface area contributed by atoms with Crippen LogP contribution in [0.2, 0.25) is 0 Å². The number of hydrogen-bond acceptors (Lipinski definition) is 3. The van der Waals surface area contributed by atoms with Crippen LogP contribution in [0.4, 0.5) is 5.69 Å². The van der Waals surface area contributed by atoms with Crippen LogP contribution < -0.4 is 5.73 Å². The largest absolute Gasteiger partial charge is 3.00 e. The Balaban J connectivity index is 0.000000605. The molecule has 0 aliphatic rings. The van der Waals surface area contributed by atoms with Gasteiger partial charge in [0.2, 0.25) is 0 Å². The molecule has 0 bridgehead atoms. The Morgan fingerprint density at radius 3 is 3.09 bits per heavy atom. The Hall–Kier alpha value is 0.0139. The van der Waals surface area contributed by atoms with Crippen molar-refractivity contribution in [3.8, 4) is 0 Å². The van der Waals surface area contributed by atoms with Crippen molar-refractivity contribution in [3.05, 3.63) is 24.4 Å². The number of benzene rings is 1. The number of fused-ring (bicyclic) bond motifs is 1. The Morgan fingerprint density at radius 1 is 1.45 bits per heavy atom. The van der Waals surface area contributed by atoms with E-state index in [1.165, 1.54) is 11.5 Å². The molecular weight excluding hydrogens is 233 g/mol. The first-order valence-electron chi connectivity index (χ1n) is 2.89. The number of aromatic nitrogens is 1. The van der Waals surface area contributed by atoms with Crippen LogP contribution in [-0.4, -0.2) is 4.37 Å². The van der Waals surface area contributed by atoms with Crippen molar-refractivity contribution in [3.63, 3.8) is 0 Å². The number of nitrogens with zero attached hydrogens (tertiary/aromatic N) is 1. The standard InChI is InChI=1S/C7H5N2S.Y/c8-6-1-2-7-5(3-6)4-9-10-7;/h1-3H,8H2;/q-1;+3. The van der Waals surface area contributed by atoms with Crippen LogP contribution in [0.15, 0.2) is 18.2 Å². The topological polar surface area (TPSA) is 38.9 Å². The van der Waals surface area contributed by atoms with Gasteiger partial charge in [-0.15, -0.1) is 17.6 Å². The van der Waals surface area contributed by atoms with E-state index in [1.807, 2.05) is 18.2 Å². The van der Waals surface area contributed by atoms with Gasteiger partial charge >= 0.3 is 32.7 Å². The maximum atomic E-state index is 5.54. The smallest absolute Gasteiger partial charge is 0.409 e. The monoisotopic (exact) mass is 238 g/mol. The zero-order chi connectivity index (χ0) is 6.97. The third-order valence-corrected chi connectivity index (χ3v) is 2.05. The molecule has 0 amide bonds. The molecule has 2 nitrogen and oxygen atoms in total. The molecule has 11 heavy (non-hydrogen) atoms. The summed E-state index contributed by atoms with van der Waals surface area (Å²) in [5.74, 6) is 0. The second kappa shape index (κ2) is 3.61. The summed E-state index contributed by atoms with van der Waals surface area (Å²) in [6, 6.07) is 5.70. The number of nitrogens with two attached hydrogens (primary N) is 1. The minimum atomic E-state index is 0. The summed E-state index contributed by atoms with van der Waals surface area (Å²) < 4.78 is 5.04. The summed E-state index contributed by atoms with van der Waals surface area (Å²) >= 11 is 1.43. The molecule has 1 aromatic heterocycles. The Labute approximate surface area is 93.8 Å². The van der Waals surface area contributed by atoms with Crippen molar-refractivity contribution in [2.24, 2.45) is 0 Å². The average molecular weight is 238 g/mol. The third kappa shape index (κ3) is 1.78. The molecule has 0 aliphatic carbocycles. The fourth-order valence-corrected chi connectivity index (χ4v) is 1.41. The molecule has 1 aromatic carbocycles. The van der Waals surface area contributed by atoms with Crippen molar-refractivity contribution in [1.29, 1.82) is 0 Å². The normalized spacial score (nSPS) is 9.45. The van der Waals surface area contributed by atoms with Gasteiger partial charge in [-0.25, -0.2) is 0 Å². The number of nitrogen functional groups attached to an aromatic ring is 1. The van der Waals surface area contributed by atoms with Gasteiger partial charge in [0, 0.05) is 0 Å². The van der Waals surface area contributed by atoms with Gasteiger partial charge in [-0.2, -0.15) is 5.39 Å². The van der Waals surface area contributed by atoms with Gasteiger partial charge in [0.15, 0.2) is 0 Å². The SMILES string of the molecule is Nc1ccc2sn[c-]c2c1.[Y+3]. The average Bonchev–Trinajstić information content (AvgIpc) is 2.33. The van der Waals surface area contributed by atoms with Crippen LogP contribution in [-0.2, 0) is 32.7 Å². The van der Waals surface area contributed by atoms with Crippen molar-refractivity contribution < 1.29 is 32.7 Å². The van der Waals surface area contributed by atoms with Crippen LogP contribution in [0.25, 0.3) is 10.1 Å². The predicted octanol–water partition coefficient (Wildman–Crippen LogP) is 1.68. The Bertz CT molecular complexity index is 358. The first-order valence-corrected chi connectivity index (χ1v) is 3.66. The molecular formula is C7H5N2SY+2. The molecule has 4 heteroatoms. The predicted molar refractivity (Wildman–Crippen MR) is 42.9 cm³/mol. The van der Waals surface area contributed by atoms with E-state index < -0.39 is 0 Å². The molecule has 0 aliphatic heterocycles. The zero-order valence-electron chi connectivity index (χ0n) is 5.74. The van der Waals surface area contributed by atoms with Crippen molar-refractivity contribution >= 4 is 27.3 Å². The number of rotatable bonds is 0. The number of hydrogen-bond donors (Lipinski definition) is 1. The summed E-state index contributed by atoms with van der Waals surface area (Å²) in [5.41, 5.74) is 6.31. The maximum Gasteiger partial charge on any atom is 3.00 e. The molecule has 0 spiro atoms. The minimum absolute atomic E-state index is 0. The second-order valence-electron chi connectivity index (χ2n) is 2.05. The fourth-order valence-electron chi connectivity index (χ4n) is 0.836. The van der Waals surface area contributed by atoms with Gasteiger partial charge in [-0.3, -0.25) is 4.37 Å². The third-order valence-electron chi connectivity index (χ3n) is 1.31. The summed E-state index contributed by atoms with van der Waals surface area (Å²) in [6.07, 6.45) is 2.85. The molecule has 2 rings (SSSR count). The van der Waals surface area contributed by atoms with E-state index in [-0.39, 0.29) is 32.7 Å². The molecule has 0 radical (unpaired) electrons. The van der Waals surface area contributed by atoms with Crippen molar-refractivity contribution in [1.82, 2.24) is 4.37 Å². The molecule has 0 atom stereocenters. The zero-order valence-corrected chi connectivity index (χ0v) is 9.40. The Kier molecular flexibility index (Phi) is 2.99. The molecule has 50 valence electrons. The molecule has 0 saturated heterocycles. The van der Waals surface area contributed by atoms with E-state index >= 15 is 0 Å². The van der Waals surface area contributed by atoms with Gasteiger partial charge in [-0.05, 0) is 5.69 Å². The van der Waals surface area contributed by atoms with Crippen LogP contribution in [0.3, 0.4) is 0 Å². The molecule has 1 heterocycles. The quantitative estimate of drug-likeness (QED) is 0.560. The molecule has 2 N–H and O–H groups in total. The first kappa shape index (κ1) is 9.10. The first-order chi connectivity index (χ1) is 4.86. The van der Waals surface area contributed by atoms with E-state index in [2.05, 4.69) is 10.6 Å². The Morgan fingerprint density at radius 2 is 2.27 bits per heavy atom. The van der Waals surface area contributed by atoms with Gasteiger partial charge in [0.05, 0.1) is 0 Å². The van der Waals surface area contributed by atoms with Crippen molar-refractivity contribution in [2.45, 2.75) is 0 Å². The fraction of sp³-hybridized carbons (Fsp3) is 0. The van der Waals surface area contributed by atoms with E-state index in [4.69, 9.17) is 5.73 Å². The number of anilines is 1. The van der Waals surface area contributed by atoms with Crippen LogP contribution in [0.5, 0.6) is 0 Å². The van der Waals surface area contributed by atoms with E-state index in [0.29, 0.717) is 0 Å². The second-order valence-corrected chi connectivity index (χ2v) is 2.85.